The minimum absolute atomic E-state index is 0.274. The van der Waals surface area contributed by atoms with Crippen molar-refractivity contribution in [3.63, 3.8) is 0 Å². The summed E-state index contributed by atoms with van der Waals surface area (Å²) in [5, 5.41) is 6.66. The van der Waals surface area contributed by atoms with E-state index in [0.717, 1.165) is 4.88 Å². The van der Waals surface area contributed by atoms with Crippen LogP contribution in [0.5, 0.6) is 5.75 Å². The standard InChI is InChI=1S/C14H11Cl3N2O2S/c1-8(14(20)19-18-7-9-3-2-4-22-9)21-13-6-11(16)10(15)5-12(13)17/h2-8H,1H3,(H,19,20)/b18-7-. The highest BCUT2D eigenvalue weighted by Gasteiger charge is 2.16. The van der Waals surface area contributed by atoms with Crippen LogP contribution in [0.1, 0.15) is 11.8 Å². The molecule has 0 fully saturated rings. The summed E-state index contributed by atoms with van der Waals surface area (Å²) in [5.74, 6) is -0.129. The van der Waals surface area contributed by atoms with Crippen LogP contribution in [0.25, 0.3) is 0 Å². The van der Waals surface area contributed by atoms with Crippen LogP contribution < -0.4 is 10.2 Å². The normalized spacial score (nSPS) is 12.4. The third-order valence-corrected chi connectivity index (χ3v) is 4.38. The van der Waals surface area contributed by atoms with Crippen molar-refractivity contribution in [2.24, 2.45) is 5.10 Å². The number of nitrogens with one attached hydrogen (secondary N) is 1. The number of hydrogen-bond acceptors (Lipinski definition) is 4. The Bertz CT molecular complexity index is 690. The highest BCUT2D eigenvalue weighted by Crippen LogP contribution is 2.34. The second-order valence-electron chi connectivity index (χ2n) is 4.21. The van der Waals surface area contributed by atoms with Gasteiger partial charge in [0.15, 0.2) is 6.10 Å². The zero-order valence-corrected chi connectivity index (χ0v) is 14.4. The number of hydrazone groups is 1. The minimum atomic E-state index is -0.796. The number of rotatable bonds is 5. The number of ether oxygens (including phenoxy) is 1. The molecule has 1 atom stereocenters. The van der Waals surface area contributed by atoms with Gasteiger partial charge in [0.05, 0.1) is 21.3 Å². The molecule has 1 N–H and O–H groups in total. The molecule has 0 aliphatic heterocycles. The molecular formula is C14H11Cl3N2O2S. The highest BCUT2D eigenvalue weighted by atomic mass is 35.5. The maximum absolute atomic E-state index is 11.9. The monoisotopic (exact) mass is 376 g/mol. The summed E-state index contributed by atoms with van der Waals surface area (Å²) in [6, 6.07) is 6.70. The lowest BCUT2D eigenvalue weighted by Crippen LogP contribution is -2.33. The fourth-order valence-electron chi connectivity index (χ4n) is 1.45. The summed E-state index contributed by atoms with van der Waals surface area (Å²) >= 11 is 19.2. The average Bonchev–Trinajstić information content (AvgIpc) is 2.97. The van der Waals surface area contributed by atoms with Crippen molar-refractivity contribution in [3.8, 4) is 5.75 Å². The van der Waals surface area contributed by atoms with Crippen molar-refractivity contribution in [1.29, 1.82) is 0 Å². The second-order valence-corrected chi connectivity index (χ2v) is 6.41. The number of nitrogens with zero attached hydrogens (tertiary/aromatic N) is 1. The SMILES string of the molecule is CC(Oc1cc(Cl)c(Cl)cc1Cl)C(=O)N/N=C\c1cccs1. The second kappa shape index (κ2) is 7.83. The molecule has 22 heavy (non-hydrogen) atoms. The molecule has 0 saturated carbocycles. The number of benzene rings is 1. The van der Waals surface area contributed by atoms with Gasteiger partial charge in [-0.3, -0.25) is 4.79 Å². The summed E-state index contributed by atoms with van der Waals surface area (Å²) in [7, 11) is 0. The fourth-order valence-corrected chi connectivity index (χ4v) is 2.62. The van der Waals surface area contributed by atoms with Crippen LogP contribution in [0.4, 0.5) is 0 Å². The topological polar surface area (TPSA) is 50.7 Å². The van der Waals surface area contributed by atoms with Gasteiger partial charge in [-0.1, -0.05) is 40.9 Å². The first-order valence-corrected chi connectivity index (χ1v) is 8.16. The largest absolute Gasteiger partial charge is 0.479 e. The molecular weight excluding hydrogens is 367 g/mol. The van der Waals surface area contributed by atoms with Crippen LogP contribution in [0, 0.1) is 0 Å². The van der Waals surface area contributed by atoms with E-state index in [0.29, 0.717) is 10.0 Å². The molecule has 1 unspecified atom stereocenters. The summed E-state index contributed by atoms with van der Waals surface area (Å²) in [5.41, 5.74) is 2.40. The van der Waals surface area contributed by atoms with Gasteiger partial charge in [0.2, 0.25) is 0 Å². The molecule has 8 heteroatoms. The van der Waals surface area contributed by atoms with E-state index in [-0.39, 0.29) is 10.8 Å². The van der Waals surface area contributed by atoms with Crippen molar-refractivity contribution >= 4 is 58.3 Å². The lowest BCUT2D eigenvalue weighted by atomic mass is 10.3. The van der Waals surface area contributed by atoms with Gasteiger partial charge >= 0.3 is 0 Å². The van der Waals surface area contributed by atoms with Crippen LogP contribution in [0.15, 0.2) is 34.7 Å². The number of carbonyl (C=O) groups excluding carboxylic acids is 1. The first-order chi connectivity index (χ1) is 10.5. The van der Waals surface area contributed by atoms with Gasteiger partial charge in [-0.15, -0.1) is 11.3 Å². The van der Waals surface area contributed by atoms with Gasteiger partial charge in [0.25, 0.3) is 5.91 Å². The minimum Gasteiger partial charge on any atom is -0.479 e. The Morgan fingerprint density at radius 2 is 2.05 bits per heavy atom. The van der Waals surface area contributed by atoms with Crippen molar-refractivity contribution in [2.75, 3.05) is 0 Å². The number of carbonyl (C=O) groups is 1. The maximum atomic E-state index is 11.9. The predicted molar refractivity (Wildman–Crippen MR) is 91.6 cm³/mol. The van der Waals surface area contributed by atoms with E-state index in [9.17, 15) is 4.79 Å². The van der Waals surface area contributed by atoms with Crippen molar-refractivity contribution < 1.29 is 9.53 Å². The molecule has 1 aromatic heterocycles. The van der Waals surface area contributed by atoms with Crippen LogP contribution in [-0.2, 0) is 4.79 Å². The van der Waals surface area contributed by atoms with Crippen LogP contribution in [0.2, 0.25) is 15.1 Å². The van der Waals surface area contributed by atoms with E-state index in [1.165, 1.54) is 23.5 Å². The molecule has 0 spiro atoms. The first-order valence-electron chi connectivity index (χ1n) is 6.15. The maximum Gasteiger partial charge on any atom is 0.280 e. The molecule has 2 rings (SSSR count). The fraction of sp³-hybridized carbons (Fsp3) is 0.143. The number of thiophene rings is 1. The van der Waals surface area contributed by atoms with E-state index in [2.05, 4.69) is 10.5 Å². The molecule has 116 valence electrons. The number of halogens is 3. The van der Waals surface area contributed by atoms with Gasteiger partial charge < -0.3 is 4.74 Å². The van der Waals surface area contributed by atoms with Crippen molar-refractivity contribution in [3.05, 3.63) is 49.6 Å². The van der Waals surface area contributed by atoms with Gasteiger partial charge in [-0.05, 0) is 24.4 Å². The van der Waals surface area contributed by atoms with Crippen molar-refractivity contribution in [1.82, 2.24) is 5.43 Å². The van der Waals surface area contributed by atoms with Crippen LogP contribution >= 0.6 is 46.1 Å². The molecule has 0 bridgehead atoms. The van der Waals surface area contributed by atoms with E-state index in [1.54, 1.807) is 13.1 Å². The van der Waals surface area contributed by atoms with E-state index in [1.807, 2.05) is 17.5 Å². The third-order valence-electron chi connectivity index (χ3n) is 2.56. The predicted octanol–water partition coefficient (Wildman–Crippen LogP) is 4.63. The molecule has 0 saturated heterocycles. The number of amides is 1. The smallest absolute Gasteiger partial charge is 0.280 e. The van der Waals surface area contributed by atoms with E-state index in [4.69, 9.17) is 39.5 Å². The Kier molecular flexibility index (Phi) is 6.08. The molecule has 1 amide bonds. The van der Waals surface area contributed by atoms with Crippen molar-refractivity contribution in [2.45, 2.75) is 13.0 Å². The third kappa shape index (κ3) is 4.61. The molecule has 0 aliphatic rings. The molecule has 0 aliphatic carbocycles. The Balaban J connectivity index is 1.95. The van der Waals surface area contributed by atoms with Gasteiger partial charge in [0.1, 0.15) is 5.75 Å². The molecule has 2 aromatic rings. The Hall–Kier alpha value is -1.27. The summed E-state index contributed by atoms with van der Waals surface area (Å²) in [6.45, 7) is 1.58. The zero-order valence-electron chi connectivity index (χ0n) is 11.3. The van der Waals surface area contributed by atoms with Gasteiger partial charge in [0, 0.05) is 10.9 Å². The molecule has 0 radical (unpaired) electrons. The summed E-state index contributed by atoms with van der Waals surface area (Å²) in [6.07, 6.45) is 0.761. The molecule has 4 nitrogen and oxygen atoms in total. The van der Waals surface area contributed by atoms with Gasteiger partial charge in [-0.2, -0.15) is 5.10 Å². The summed E-state index contributed by atoms with van der Waals surface area (Å²) in [4.78, 5) is 12.8. The van der Waals surface area contributed by atoms with E-state index >= 15 is 0 Å². The quantitative estimate of drug-likeness (QED) is 0.469. The average molecular weight is 378 g/mol. The molecule has 1 heterocycles. The van der Waals surface area contributed by atoms with Crippen LogP contribution in [-0.4, -0.2) is 18.2 Å². The zero-order chi connectivity index (χ0) is 16.1. The molecule has 1 aromatic carbocycles. The lowest BCUT2D eigenvalue weighted by molar-refractivity contribution is -0.127. The Labute approximate surface area is 146 Å². The Morgan fingerprint density at radius 3 is 2.73 bits per heavy atom. The van der Waals surface area contributed by atoms with Crippen LogP contribution in [0.3, 0.4) is 0 Å². The van der Waals surface area contributed by atoms with Gasteiger partial charge in [-0.25, -0.2) is 5.43 Å². The van der Waals surface area contributed by atoms with E-state index < -0.39 is 12.0 Å². The number of hydrogen-bond donors (Lipinski definition) is 1. The summed E-state index contributed by atoms with van der Waals surface area (Å²) < 4.78 is 5.47. The first kappa shape index (κ1) is 17.1. The Morgan fingerprint density at radius 1 is 1.32 bits per heavy atom. The highest BCUT2D eigenvalue weighted by molar-refractivity contribution is 7.11. The lowest BCUT2D eigenvalue weighted by Gasteiger charge is -2.14.